The lowest BCUT2D eigenvalue weighted by Gasteiger charge is -2.32. The summed E-state index contributed by atoms with van der Waals surface area (Å²) >= 11 is 0. The fourth-order valence-electron chi connectivity index (χ4n) is 2.70. The van der Waals surface area contributed by atoms with Crippen LogP contribution in [0.3, 0.4) is 0 Å². The first kappa shape index (κ1) is 16.0. The van der Waals surface area contributed by atoms with E-state index in [9.17, 15) is 4.79 Å². The van der Waals surface area contributed by atoms with Gasteiger partial charge in [0.05, 0.1) is 10.9 Å². The van der Waals surface area contributed by atoms with Gasteiger partial charge in [-0.05, 0) is 26.1 Å². The van der Waals surface area contributed by atoms with E-state index in [2.05, 4.69) is 16.8 Å². The molecule has 1 fully saturated rings. The largest absolute Gasteiger partial charge is 0.461 e. The molecule has 1 aliphatic heterocycles. The number of nitrogens with zero attached hydrogens (tertiary/aromatic N) is 2. The van der Waals surface area contributed by atoms with Gasteiger partial charge in [0.15, 0.2) is 5.43 Å². The van der Waals surface area contributed by atoms with E-state index in [0.29, 0.717) is 17.5 Å². The Kier molecular flexibility index (Phi) is 5.04. The molecule has 0 saturated carbocycles. The monoisotopic (exact) mass is 308 g/mol. The highest BCUT2D eigenvalue weighted by Crippen LogP contribution is 2.16. The van der Waals surface area contributed by atoms with Crippen LogP contribution in [0.1, 0.15) is 11.3 Å². The molecule has 0 unspecified atom stereocenters. The zero-order valence-electron chi connectivity index (χ0n) is 12.5. The van der Waals surface area contributed by atoms with E-state index in [1.165, 1.54) is 0 Å². The molecule has 2 heterocycles. The zero-order valence-corrected chi connectivity index (χ0v) is 13.3. The van der Waals surface area contributed by atoms with Gasteiger partial charge in [-0.1, -0.05) is 12.1 Å². The maximum Gasteiger partial charge on any atom is 0.197 e. The van der Waals surface area contributed by atoms with Crippen molar-refractivity contribution in [2.45, 2.75) is 13.5 Å². The van der Waals surface area contributed by atoms with Crippen LogP contribution < -0.4 is 5.43 Å². The molecule has 2 aromatic rings. The van der Waals surface area contributed by atoms with E-state index in [0.717, 1.165) is 37.5 Å². The molecule has 1 aromatic heterocycles. The summed E-state index contributed by atoms with van der Waals surface area (Å²) in [6, 6.07) is 7.47. The lowest BCUT2D eigenvalue weighted by atomic mass is 10.1. The van der Waals surface area contributed by atoms with Crippen molar-refractivity contribution >= 4 is 23.4 Å². The molecule has 114 valence electrons. The molecule has 0 atom stereocenters. The van der Waals surface area contributed by atoms with Crippen LogP contribution in [-0.2, 0) is 6.54 Å². The number of hydrogen-bond acceptors (Lipinski definition) is 4. The molecular formula is C16H21ClN2O2. The predicted molar refractivity (Wildman–Crippen MR) is 87.2 cm³/mol. The highest BCUT2D eigenvalue weighted by atomic mass is 35.5. The first-order valence-corrected chi connectivity index (χ1v) is 7.07. The van der Waals surface area contributed by atoms with Gasteiger partial charge in [-0.3, -0.25) is 9.69 Å². The van der Waals surface area contributed by atoms with Crippen LogP contribution in [0.5, 0.6) is 0 Å². The summed E-state index contributed by atoms with van der Waals surface area (Å²) < 4.78 is 5.80. The van der Waals surface area contributed by atoms with E-state index in [1.54, 1.807) is 0 Å². The van der Waals surface area contributed by atoms with Crippen molar-refractivity contribution < 1.29 is 4.42 Å². The second-order valence-corrected chi connectivity index (χ2v) is 5.54. The SMILES string of the molecule is Cc1oc2ccccc2c(=O)c1CN1CCN(C)CC1.Cl. The molecule has 1 saturated heterocycles. The Morgan fingerprint density at radius 2 is 1.81 bits per heavy atom. The molecular weight excluding hydrogens is 288 g/mol. The Bertz CT molecular complexity index is 676. The van der Waals surface area contributed by atoms with E-state index in [1.807, 2.05) is 31.2 Å². The van der Waals surface area contributed by atoms with E-state index in [4.69, 9.17) is 4.42 Å². The number of fused-ring (bicyclic) bond motifs is 1. The fraction of sp³-hybridized carbons (Fsp3) is 0.438. The van der Waals surface area contributed by atoms with Crippen LogP contribution in [0.2, 0.25) is 0 Å². The van der Waals surface area contributed by atoms with Gasteiger partial charge in [0, 0.05) is 32.7 Å². The second-order valence-electron chi connectivity index (χ2n) is 5.54. The number of rotatable bonds is 2. The minimum absolute atomic E-state index is 0. The lowest BCUT2D eigenvalue weighted by Crippen LogP contribution is -2.44. The topological polar surface area (TPSA) is 36.7 Å². The number of likely N-dealkylation sites (N-methyl/N-ethyl adjacent to an activating group) is 1. The van der Waals surface area contributed by atoms with Crippen molar-refractivity contribution in [2.75, 3.05) is 33.2 Å². The molecule has 0 aliphatic carbocycles. The van der Waals surface area contributed by atoms with Crippen molar-refractivity contribution in [1.29, 1.82) is 0 Å². The predicted octanol–water partition coefficient (Wildman–Crippen LogP) is 2.27. The molecule has 21 heavy (non-hydrogen) atoms. The van der Waals surface area contributed by atoms with Crippen molar-refractivity contribution in [1.82, 2.24) is 9.80 Å². The van der Waals surface area contributed by atoms with E-state index >= 15 is 0 Å². The van der Waals surface area contributed by atoms with Crippen LogP contribution in [0.4, 0.5) is 0 Å². The van der Waals surface area contributed by atoms with Crippen LogP contribution in [0.25, 0.3) is 11.0 Å². The van der Waals surface area contributed by atoms with Crippen LogP contribution in [0.15, 0.2) is 33.5 Å². The molecule has 5 heteroatoms. The van der Waals surface area contributed by atoms with Gasteiger partial charge in [-0.15, -0.1) is 12.4 Å². The molecule has 4 nitrogen and oxygen atoms in total. The summed E-state index contributed by atoms with van der Waals surface area (Å²) in [7, 11) is 2.13. The van der Waals surface area contributed by atoms with Crippen LogP contribution in [0, 0.1) is 6.92 Å². The van der Waals surface area contributed by atoms with Gasteiger partial charge < -0.3 is 9.32 Å². The average Bonchev–Trinajstić information content (AvgIpc) is 2.45. The van der Waals surface area contributed by atoms with Gasteiger partial charge in [0.2, 0.25) is 0 Å². The van der Waals surface area contributed by atoms with Crippen molar-refractivity contribution in [3.05, 3.63) is 45.8 Å². The normalized spacial score (nSPS) is 16.9. The Morgan fingerprint density at radius 1 is 1.14 bits per heavy atom. The van der Waals surface area contributed by atoms with Gasteiger partial charge in [0.1, 0.15) is 11.3 Å². The highest BCUT2D eigenvalue weighted by Gasteiger charge is 2.18. The summed E-state index contributed by atoms with van der Waals surface area (Å²) in [6.45, 7) is 6.69. The molecule has 0 N–H and O–H groups in total. The lowest BCUT2D eigenvalue weighted by molar-refractivity contribution is 0.147. The van der Waals surface area contributed by atoms with Crippen LogP contribution >= 0.6 is 12.4 Å². The molecule has 1 aromatic carbocycles. The summed E-state index contributed by atoms with van der Waals surface area (Å²) in [5.74, 6) is 0.743. The standard InChI is InChI=1S/C16H20N2O2.ClH/c1-12-14(11-18-9-7-17(2)8-10-18)16(19)13-5-3-4-6-15(13)20-12;/h3-6H,7-11H2,1-2H3;1H. The quantitative estimate of drug-likeness (QED) is 0.853. The van der Waals surface area contributed by atoms with E-state index in [-0.39, 0.29) is 17.8 Å². The number of hydrogen-bond donors (Lipinski definition) is 0. The maximum atomic E-state index is 12.6. The third kappa shape index (κ3) is 3.28. The number of para-hydroxylation sites is 1. The number of piperazine rings is 1. The molecule has 0 spiro atoms. The van der Waals surface area contributed by atoms with Crippen molar-refractivity contribution in [3.63, 3.8) is 0 Å². The van der Waals surface area contributed by atoms with Crippen molar-refractivity contribution in [3.8, 4) is 0 Å². The summed E-state index contributed by atoms with van der Waals surface area (Å²) in [4.78, 5) is 17.2. The second kappa shape index (κ2) is 6.60. The Morgan fingerprint density at radius 3 is 2.52 bits per heavy atom. The minimum atomic E-state index is 0. The number of benzene rings is 1. The van der Waals surface area contributed by atoms with E-state index < -0.39 is 0 Å². The van der Waals surface area contributed by atoms with Gasteiger partial charge in [-0.25, -0.2) is 0 Å². The van der Waals surface area contributed by atoms with Gasteiger partial charge in [0.25, 0.3) is 0 Å². The van der Waals surface area contributed by atoms with Gasteiger partial charge >= 0.3 is 0 Å². The summed E-state index contributed by atoms with van der Waals surface area (Å²) in [5.41, 5.74) is 1.59. The number of aryl methyl sites for hydroxylation is 1. The summed E-state index contributed by atoms with van der Waals surface area (Å²) in [5, 5.41) is 0.683. The third-order valence-corrected chi connectivity index (χ3v) is 4.07. The fourth-order valence-corrected chi connectivity index (χ4v) is 2.70. The smallest absolute Gasteiger partial charge is 0.197 e. The first-order valence-electron chi connectivity index (χ1n) is 7.07. The molecule has 1 aliphatic rings. The zero-order chi connectivity index (χ0) is 14.1. The first-order chi connectivity index (χ1) is 9.65. The minimum Gasteiger partial charge on any atom is -0.461 e. The van der Waals surface area contributed by atoms with Gasteiger partial charge in [-0.2, -0.15) is 0 Å². The molecule has 0 bridgehead atoms. The van der Waals surface area contributed by atoms with Crippen molar-refractivity contribution in [2.24, 2.45) is 0 Å². The Balaban J connectivity index is 0.00000161. The average molecular weight is 309 g/mol. The molecule has 0 radical (unpaired) electrons. The third-order valence-electron chi connectivity index (χ3n) is 4.07. The summed E-state index contributed by atoms with van der Waals surface area (Å²) in [6.07, 6.45) is 0. The highest BCUT2D eigenvalue weighted by molar-refractivity contribution is 5.85. The molecule has 0 amide bonds. The Labute approximate surface area is 130 Å². The Hall–Kier alpha value is -1.36. The molecule has 3 rings (SSSR count). The maximum absolute atomic E-state index is 12.6. The van der Waals surface area contributed by atoms with Crippen LogP contribution in [-0.4, -0.2) is 43.0 Å². The number of halogens is 1.